The van der Waals surface area contributed by atoms with E-state index in [0.29, 0.717) is 42.4 Å². The summed E-state index contributed by atoms with van der Waals surface area (Å²) in [6.45, 7) is 10.6. The number of esters is 1. The molecule has 0 bridgehead atoms. The Morgan fingerprint density at radius 3 is 2.66 bits per heavy atom. The highest BCUT2D eigenvalue weighted by Gasteiger charge is 2.42. The molecule has 0 heterocycles. The van der Waals surface area contributed by atoms with E-state index in [1.54, 1.807) is 25.1 Å². The zero-order valence-corrected chi connectivity index (χ0v) is 18.4. The minimum Gasteiger partial charge on any atom is -0.490 e. The smallest absolute Gasteiger partial charge is 0.341 e. The van der Waals surface area contributed by atoms with Crippen molar-refractivity contribution >= 4 is 17.6 Å². The van der Waals surface area contributed by atoms with Crippen LogP contribution in [0.15, 0.2) is 18.2 Å². The summed E-state index contributed by atoms with van der Waals surface area (Å²) in [5.74, 6) is 0.260. The Kier molecular flexibility index (Phi) is 8.50. The molecular weight excluding hydrogens is 370 g/mol. The fourth-order valence-corrected chi connectivity index (χ4v) is 3.78. The van der Waals surface area contributed by atoms with Gasteiger partial charge in [-0.2, -0.15) is 0 Å². The molecule has 1 amide bonds. The molecule has 1 aromatic carbocycles. The topological polar surface area (TPSA) is 73.9 Å². The number of rotatable bonds is 9. The zero-order valence-electron chi connectivity index (χ0n) is 18.4. The molecule has 2 unspecified atom stereocenters. The second-order valence-electron chi connectivity index (χ2n) is 8.10. The molecular formula is C23H35NO5. The normalized spacial score (nSPS) is 21.7. The molecule has 0 radical (unpaired) electrons. The van der Waals surface area contributed by atoms with Crippen LogP contribution in [0.5, 0.6) is 5.75 Å². The van der Waals surface area contributed by atoms with E-state index in [9.17, 15) is 9.59 Å². The van der Waals surface area contributed by atoms with Crippen LogP contribution >= 0.6 is 0 Å². The third-order valence-electron chi connectivity index (χ3n) is 5.05. The summed E-state index contributed by atoms with van der Waals surface area (Å²) in [4.78, 5) is 25.6. The molecule has 6 heteroatoms. The van der Waals surface area contributed by atoms with Gasteiger partial charge in [-0.1, -0.05) is 20.3 Å². The van der Waals surface area contributed by atoms with Crippen LogP contribution in [0.3, 0.4) is 0 Å². The number of hydrogen-bond donors (Lipinski definition) is 1. The summed E-state index contributed by atoms with van der Waals surface area (Å²) < 4.78 is 17.0. The minimum atomic E-state index is -0.815. The number of anilines is 1. The number of nitrogens with one attached hydrogen (secondary N) is 1. The van der Waals surface area contributed by atoms with Gasteiger partial charge in [-0.3, -0.25) is 4.79 Å². The lowest BCUT2D eigenvalue weighted by Crippen LogP contribution is -2.48. The zero-order chi connectivity index (χ0) is 21.4. The van der Waals surface area contributed by atoms with Gasteiger partial charge in [-0.15, -0.1) is 0 Å². The summed E-state index contributed by atoms with van der Waals surface area (Å²) in [6, 6.07) is 5.07. The standard InChI is InChI=1S/C23H35NO5/c1-6-13-28-23(12-8-9-17(5)15-23)22(26)24-18-10-11-20(29-16(3)4)19(14-18)21(25)27-7-2/h10-11,14,16-17H,6-9,12-13,15H2,1-5H3,(H,24,26). The summed E-state index contributed by atoms with van der Waals surface area (Å²) >= 11 is 0. The Hall–Kier alpha value is -2.08. The number of carbonyl (C=O) groups is 2. The van der Waals surface area contributed by atoms with Crippen LogP contribution in [0, 0.1) is 5.92 Å². The average molecular weight is 406 g/mol. The van der Waals surface area contributed by atoms with Crippen LogP contribution in [-0.4, -0.2) is 36.8 Å². The van der Waals surface area contributed by atoms with E-state index in [1.165, 1.54) is 0 Å². The highest BCUT2D eigenvalue weighted by Crippen LogP contribution is 2.37. The predicted octanol–water partition coefficient (Wildman–Crippen LogP) is 4.96. The van der Waals surface area contributed by atoms with E-state index < -0.39 is 11.6 Å². The van der Waals surface area contributed by atoms with Crippen LogP contribution in [-0.2, 0) is 14.3 Å². The Morgan fingerprint density at radius 2 is 2.03 bits per heavy atom. The molecule has 1 aliphatic rings. The van der Waals surface area contributed by atoms with Gasteiger partial charge >= 0.3 is 5.97 Å². The first-order valence-electron chi connectivity index (χ1n) is 10.7. The first-order chi connectivity index (χ1) is 13.8. The van der Waals surface area contributed by atoms with Crippen LogP contribution in [0.1, 0.15) is 77.1 Å². The Labute approximate surface area is 174 Å². The molecule has 1 aliphatic carbocycles. The third kappa shape index (κ3) is 6.20. The number of ether oxygens (including phenoxy) is 3. The van der Waals surface area contributed by atoms with Crippen molar-refractivity contribution < 1.29 is 23.8 Å². The van der Waals surface area contributed by atoms with Crippen LogP contribution in [0.25, 0.3) is 0 Å². The second kappa shape index (κ2) is 10.6. The van der Waals surface area contributed by atoms with E-state index in [1.807, 2.05) is 20.8 Å². The Balaban J connectivity index is 2.27. The highest BCUT2D eigenvalue weighted by molar-refractivity contribution is 5.99. The van der Waals surface area contributed by atoms with E-state index in [2.05, 4.69) is 12.2 Å². The van der Waals surface area contributed by atoms with Gasteiger partial charge in [-0.25, -0.2) is 4.79 Å². The maximum Gasteiger partial charge on any atom is 0.341 e. The van der Waals surface area contributed by atoms with Gasteiger partial charge in [0, 0.05) is 12.3 Å². The maximum atomic E-state index is 13.2. The lowest BCUT2D eigenvalue weighted by atomic mass is 9.78. The summed E-state index contributed by atoms with van der Waals surface area (Å²) in [6.07, 6.45) is 4.27. The van der Waals surface area contributed by atoms with Gasteiger partial charge < -0.3 is 19.5 Å². The van der Waals surface area contributed by atoms with Crippen molar-refractivity contribution in [2.45, 2.75) is 78.4 Å². The first kappa shape index (κ1) is 23.2. The first-order valence-corrected chi connectivity index (χ1v) is 10.7. The molecule has 2 rings (SSSR count). The molecule has 0 saturated heterocycles. The molecule has 0 aromatic heterocycles. The Morgan fingerprint density at radius 1 is 1.28 bits per heavy atom. The summed E-state index contributed by atoms with van der Waals surface area (Å²) in [5, 5.41) is 2.97. The van der Waals surface area contributed by atoms with Crippen LogP contribution < -0.4 is 10.1 Å². The second-order valence-corrected chi connectivity index (χ2v) is 8.10. The summed E-state index contributed by atoms with van der Waals surface area (Å²) in [7, 11) is 0. The molecule has 1 saturated carbocycles. The average Bonchev–Trinajstić information content (AvgIpc) is 2.67. The van der Waals surface area contributed by atoms with Crippen molar-refractivity contribution in [1.29, 1.82) is 0 Å². The lowest BCUT2D eigenvalue weighted by Gasteiger charge is -2.38. The molecule has 1 aromatic rings. The van der Waals surface area contributed by atoms with Crippen molar-refractivity contribution in [2.75, 3.05) is 18.5 Å². The van der Waals surface area contributed by atoms with Crippen LogP contribution in [0.4, 0.5) is 5.69 Å². The van der Waals surface area contributed by atoms with E-state index in [0.717, 1.165) is 19.3 Å². The number of benzene rings is 1. The molecule has 29 heavy (non-hydrogen) atoms. The number of hydrogen-bond acceptors (Lipinski definition) is 5. The number of amides is 1. The van der Waals surface area contributed by atoms with Gasteiger partial charge in [0.05, 0.1) is 12.7 Å². The molecule has 1 fully saturated rings. The molecule has 6 nitrogen and oxygen atoms in total. The van der Waals surface area contributed by atoms with Gasteiger partial charge in [0.2, 0.25) is 0 Å². The van der Waals surface area contributed by atoms with Crippen LogP contribution in [0.2, 0.25) is 0 Å². The molecule has 0 aliphatic heterocycles. The highest BCUT2D eigenvalue weighted by atomic mass is 16.5. The van der Waals surface area contributed by atoms with Crippen molar-refractivity contribution in [3.63, 3.8) is 0 Å². The molecule has 1 N–H and O–H groups in total. The van der Waals surface area contributed by atoms with Gasteiger partial charge in [-0.05, 0) is 70.6 Å². The molecule has 162 valence electrons. The Bertz CT molecular complexity index is 703. The monoisotopic (exact) mass is 405 g/mol. The summed E-state index contributed by atoms with van der Waals surface area (Å²) in [5.41, 5.74) is 0.0240. The quantitative estimate of drug-likeness (QED) is 0.588. The lowest BCUT2D eigenvalue weighted by molar-refractivity contribution is -0.148. The van der Waals surface area contributed by atoms with E-state index in [4.69, 9.17) is 14.2 Å². The van der Waals surface area contributed by atoms with Gasteiger partial charge in [0.15, 0.2) is 0 Å². The number of carbonyl (C=O) groups excluding carboxylic acids is 2. The van der Waals surface area contributed by atoms with Crippen molar-refractivity contribution in [3.05, 3.63) is 23.8 Å². The SMILES string of the molecule is CCCOC1(C(=O)Nc2ccc(OC(C)C)c(C(=O)OCC)c2)CCCC(C)C1. The minimum absolute atomic E-state index is 0.0851. The van der Waals surface area contributed by atoms with E-state index >= 15 is 0 Å². The third-order valence-corrected chi connectivity index (χ3v) is 5.05. The van der Waals surface area contributed by atoms with Crippen molar-refractivity contribution in [1.82, 2.24) is 0 Å². The fraction of sp³-hybridized carbons (Fsp3) is 0.652. The van der Waals surface area contributed by atoms with Gasteiger partial charge in [0.25, 0.3) is 5.91 Å². The fourth-order valence-electron chi connectivity index (χ4n) is 3.78. The molecule has 2 atom stereocenters. The van der Waals surface area contributed by atoms with Crippen molar-refractivity contribution in [3.8, 4) is 5.75 Å². The van der Waals surface area contributed by atoms with Crippen molar-refractivity contribution in [2.24, 2.45) is 5.92 Å². The largest absolute Gasteiger partial charge is 0.490 e. The predicted molar refractivity (Wildman–Crippen MR) is 113 cm³/mol. The van der Waals surface area contributed by atoms with Gasteiger partial charge in [0.1, 0.15) is 16.9 Å². The van der Waals surface area contributed by atoms with E-state index in [-0.39, 0.29) is 18.6 Å². The molecule has 0 spiro atoms. The maximum absolute atomic E-state index is 13.2.